The Morgan fingerprint density at radius 2 is 2.05 bits per heavy atom. The molecule has 0 atom stereocenters. The summed E-state index contributed by atoms with van der Waals surface area (Å²) in [7, 11) is 0. The number of aryl methyl sites for hydroxylation is 1. The van der Waals surface area contributed by atoms with Crippen molar-refractivity contribution in [2.75, 3.05) is 18.5 Å². The van der Waals surface area contributed by atoms with Gasteiger partial charge in [0.05, 0.1) is 0 Å². The topological polar surface area (TPSA) is 78.4 Å². The minimum Gasteiger partial charge on any atom is -0.396 e. The molecule has 22 heavy (non-hydrogen) atoms. The molecule has 0 aliphatic heterocycles. The maximum Gasteiger partial charge on any atom is 0.313 e. The number of thiophene rings is 1. The quantitative estimate of drug-likeness (QED) is 0.584. The molecule has 0 spiro atoms. The zero-order valence-electron chi connectivity index (χ0n) is 12.3. The lowest BCUT2D eigenvalue weighted by Gasteiger charge is -2.08. The smallest absolute Gasteiger partial charge is 0.313 e. The average Bonchev–Trinajstić information content (AvgIpc) is 2.94. The van der Waals surface area contributed by atoms with Crippen molar-refractivity contribution in [1.82, 2.24) is 5.32 Å². The fourth-order valence-electron chi connectivity index (χ4n) is 1.96. The summed E-state index contributed by atoms with van der Waals surface area (Å²) in [6, 6.07) is 9.44. The van der Waals surface area contributed by atoms with Crippen molar-refractivity contribution in [1.29, 1.82) is 0 Å². The van der Waals surface area contributed by atoms with Crippen LogP contribution in [0.4, 0.5) is 5.69 Å². The molecule has 0 aliphatic carbocycles. The minimum absolute atomic E-state index is 0.0237. The Bertz CT molecular complexity index is 667. The summed E-state index contributed by atoms with van der Waals surface area (Å²) in [5.41, 5.74) is 2.76. The fraction of sp³-hybridized carbons (Fsp3) is 0.250. The van der Waals surface area contributed by atoms with Gasteiger partial charge in [-0.2, -0.15) is 0 Å². The van der Waals surface area contributed by atoms with E-state index in [9.17, 15) is 9.59 Å². The second-order valence-electron chi connectivity index (χ2n) is 4.80. The van der Waals surface area contributed by atoms with Crippen molar-refractivity contribution in [2.24, 2.45) is 0 Å². The molecule has 0 aliphatic rings. The molecule has 0 saturated carbocycles. The number of nitrogens with one attached hydrogen (secondary N) is 2. The number of hydrogen-bond acceptors (Lipinski definition) is 4. The summed E-state index contributed by atoms with van der Waals surface area (Å²) in [6.07, 6.45) is 0.423. The van der Waals surface area contributed by atoms with E-state index in [0.29, 0.717) is 12.1 Å². The number of amides is 2. The summed E-state index contributed by atoms with van der Waals surface area (Å²) in [5.74, 6) is -1.41. The molecule has 6 heteroatoms. The molecule has 2 aromatic rings. The molecule has 2 rings (SSSR count). The van der Waals surface area contributed by atoms with Crippen LogP contribution in [0.3, 0.4) is 0 Å². The van der Waals surface area contributed by atoms with Crippen LogP contribution in [-0.4, -0.2) is 30.1 Å². The number of anilines is 1. The van der Waals surface area contributed by atoms with Gasteiger partial charge in [0.2, 0.25) is 0 Å². The molecule has 0 fully saturated rings. The van der Waals surface area contributed by atoms with E-state index in [2.05, 4.69) is 10.6 Å². The molecule has 116 valence electrons. The summed E-state index contributed by atoms with van der Waals surface area (Å²) >= 11 is 1.63. The van der Waals surface area contributed by atoms with Crippen molar-refractivity contribution in [3.05, 3.63) is 41.3 Å². The lowest BCUT2D eigenvalue weighted by molar-refractivity contribution is -0.136. The molecule has 1 heterocycles. The number of rotatable bonds is 5. The first-order chi connectivity index (χ1) is 10.6. The number of hydrogen-bond donors (Lipinski definition) is 3. The van der Waals surface area contributed by atoms with Gasteiger partial charge in [-0.1, -0.05) is 12.1 Å². The van der Waals surface area contributed by atoms with Crippen LogP contribution in [0, 0.1) is 6.92 Å². The Morgan fingerprint density at radius 3 is 2.73 bits per heavy atom. The lowest BCUT2D eigenvalue weighted by Crippen LogP contribution is -2.36. The van der Waals surface area contributed by atoms with Gasteiger partial charge in [-0.25, -0.2) is 0 Å². The van der Waals surface area contributed by atoms with Crippen molar-refractivity contribution in [2.45, 2.75) is 13.3 Å². The van der Waals surface area contributed by atoms with E-state index in [1.807, 2.05) is 36.6 Å². The van der Waals surface area contributed by atoms with Crippen LogP contribution in [0.2, 0.25) is 0 Å². The Balaban J connectivity index is 2.03. The van der Waals surface area contributed by atoms with Crippen molar-refractivity contribution >= 4 is 28.8 Å². The van der Waals surface area contributed by atoms with Gasteiger partial charge in [0.15, 0.2) is 0 Å². The molecule has 0 radical (unpaired) electrons. The monoisotopic (exact) mass is 318 g/mol. The lowest BCUT2D eigenvalue weighted by atomic mass is 10.1. The van der Waals surface area contributed by atoms with Crippen LogP contribution in [0.25, 0.3) is 10.4 Å². The zero-order chi connectivity index (χ0) is 15.9. The number of benzene rings is 1. The summed E-state index contributed by atoms with van der Waals surface area (Å²) in [5, 5.41) is 15.7. The molecule has 1 aromatic carbocycles. The van der Waals surface area contributed by atoms with Gasteiger partial charge < -0.3 is 15.7 Å². The highest BCUT2D eigenvalue weighted by atomic mass is 32.1. The Kier molecular flexibility index (Phi) is 5.68. The first-order valence-corrected chi connectivity index (χ1v) is 7.84. The van der Waals surface area contributed by atoms with E-state index in [0.717, 1.165) is 10.4 Å². The summed E-state index contributed by atoms with van der Waals surface area (Å²) < 4.78 is 0. The third-order valence-electron chi connectivity index (χ3n) is 3.07. The molecule has 0 unspecified atom stereocenters. The standard InChI is InChI=1S/C16H18N2O3S/c1-11-6-9-22-14(11)12-4-2-5-13(10-12)18-16(21)15(20)17-7-3-8-19/h2,4-6,9-10,19H,3,7-8H2,1H3,(H,17,20)(H,18,21). The molecule has 0 saturated heterocycles. The predicted molar refractivity (Wildman–Crippen MR) is 87.8 cm³/mol. The minimum atomic E-state index is -0.710. The van der Waals surface area contributed by atoms with E-state index in [1.165, 1.54) is 5.56 Å². The van der Waals surface area contributed by atoms with Crippen molar-refractivity contribution in [3.63, 3.8) is 0 Å². The number of carbonyl (C=O) groups excluding carboxylic acids is 2. The van der Waals surface area contributed by atoms with Gasteiger partial charge in [0, 0.05) is 23.7 Å². The fourth-order valence-corrected chi connectivity index (χ4v) is 2.88. The third-order valence-corrected chi connectivity index (χ3v) is 4.14. The summed E-state index contributed by atoms with van der Waals surface area (Å²) in [4.78, 5) is 24.5. The third kappa shape index (κ3) is 4.16. The van der Waals surface area contributed by atoms with Gasteiger partial charge in [-0.05, 0) is 48.1 Å². The maximum atomic E-state index is 11.8. The van der Waals surface area contributed by atoms with E-state index < -0.39 is 11.8 Å². The Hall–Kier alpha value is -2.18. The average molecular weight is 318 g/mol. The van der Waals surface area contributed by atoms with Gasteiger partial charge in [-0.3, -0.25) is 9.59 Å². The van der Waals surface area contributed by atoms with Crippen molar-refractivity contribution < 1.29 is 14.7 Å². The van der Waals surface area contributed by atoms with Crippen LogP contribution in [0.15, 0.2) is 35.7 Å². The van der Waals surface area contributed by atoms with Gasteiger partial charge in [0.1, 0.15) is 0 Å². The van der Waals surface area contributed by atoms with Gasteiger partial charge >= 0.3 is 11.8 Å². The SMILES string of the molecule is Cc1ccsc1-c1cccc(NC(=O)C(=O)NCCCO)c1. The molecular formula is C16H18N2O3S. The highest BCUT2D eigenvalue weighted by Gasteiger charge is 2.13. The molecule has 3 N–H and O–H groups in total. The van der Waals surface area contributed by atoms with E-state index in [4.69, 9.17) is 5.11 Å². The number of aliphatic hydroxyl groups is 1. The van der Waals surface area contributed by atoms with Gasteiger partial charge in [-0.15, -0.1) is 11.3 Å². The predicted octanol–water partition coefficient (Wildman–Crippen LogP) is 2.16. The van der Waals surface area contributed by atoms with E-state index >= 15 is 0 Å². The van der Waals surface area contributed by atoms with E-state index in [1.54, 1.807) is 17.4 Å². The normalized spacial score (nSPS) is 10.3. The van der Waals surface area contributed by atoms with Crippen LogP contribution >= 0.6 is 11.3 Å². The van der Waals surface area contributed by atoms with Crippen LogP contribution in [0.5, 0.6) is 0 Å². The first kappa shape index (κ1) is 16.2. The second-order valence-corrected chi connectivity index (χ2v) is 5.72. The number of carbonyl (C=O) groups is 2. The van der Waals surface area contributed by atoms with Gasteiger partial charge in [0.25, 0.3) is 0 Å². The molecule has 0 bridgehead atoms. The molecular weight excluding hydrogens is 300 g/mol. The summed E-state index contributed by atoms with van der Waals surface area (Å²) in [6.45, 7) is 2.28. The molecule has 1 aromatic heterocycles. The van der Waals surface area contributed by atoms with Crippen LogP contribution < -0.4 is 10.6 Å². The van der Waals surface area contributed by atoms with E-state index in [-0.39, 0.29) is 13.2 Å². The largest absolute Gasteiger partial charge is 0.396 e. The second kappa shape index (κ2) is 7.72. The maximum absolute atomic E-state index is 11.8. The highest BCUT2D eigenvalue weighted by Crippen LogP contribution is 2.30. The molecule has 2 amide bonds. The molecule has 5 nitrogen and oxygen atoms in total. The van der Waals surface area contributed by atoms with Crippen LogP contribution in [-0.2, 0) is 9.59 Å². The first-order valence-electron chi connectivity index (χ1n) is 6.96. The Labute approximate surface area is 133 Å². The zero-order valence-corrected chi connectivity index (χ0v) is 13.1. The Morgan fingerprint density at radius 1 is 1.23 bits per heavy atom. The highest BCUT2D eigenvalue weighted by molar-refractivity contribution is 7.13. The van der Waals surface area contributed by atoms with Crippen molar-refractivity contribution in [3.8, 4) is 10.4 Å². The van der Waals surface area contributed by atoms with Crippen LogP contribution in [0.1, 0.15) is 12.0 Å². The number of aliphatic hydroxyl groups excluding tert-OH is 1.